The van der Waals surface area contributed by atoms with Crippen LogP contribution in [0.3, 0.4) is 0 Å². The van der Waals surface area contributed by atoms with Gasteiger partial charge in [-0.1, -0.05) is 29.8 Å². The Kier molecular flexibility index (Phi) is 3.41. The molecule has 0 saturated heterocycles. The number of allylic oxidation sites excluding steroid dienone is 2. The van der Waals surface area contributed by atoms with Crippen molar-refractivity contribution < 1.29 is 14.7 Å². The second-order valence-corrected chi connectivity index (χ2v) is 5.65. The van der Waals surface area contributed by atoms with E-state index in [9.17, 15) is 14.7 Å². The van der Waals surface area contributed by atoms with Gasteiger partial charge in [-0.25, -0.2) is 0 Å². The molecule has 0 saturated carbocycles. The van der Waals surface area contributed by atoms with Gasteiger partial charge in [-0.3, -0.25) is 9.59 Å². The van der Waals surface area contributed by atoms with Gasteiger partial charge < -0.3 is 5.11 Å². The van der Waals surface area contributed by atoms with Crippen LogP contribution in [0.4, 0.5) is 0 Å². The predicted molar refractivity (Wildman–Crippen MR) is 84.4 cm³/mol. The van der Waals surface area contributed by atoms with Crippen LogP contribution in [0.2, 0.25) is 0 Å². The molecule has 0 fully saturated rings. The van der Waals surface area contributed by atoms with E-state index in [1.165, 1.54) is 18.2 Å². The van der Waals surface area contributed by atoms with E-state index in [0.29, 0.717) is 23.1 Å². The number of phenolic OH excluding ortho intramolecular Hbond substituents is 1. The van der Waals surface area contributed by atoms with Gasteiger partial charge in [0.15, 0.2) is 11.6 Å². The number of carbonyl (C=O) groups is 2. The molecule has 0 aromatic heterocycles. The minimum absolute atomic E-state index is 0.00543. The van der Waals surface area contributed by atoms with E-state index in [0.717, 1.165) is 11.1 Å². The highest BCUT2D eigenvalue weighted by atomic mass is 16.3. The molecule has 0 atom stereocenters. The van der Waals surface area contributed by atoms with Gasteiger partial charge in [-0.15, -0.1) is 0 Å². The van der Waals surface area contributed by atoms with Crippen molar-refractivity contribution in [3.8, 4) is 5.75 Å². The van der Waals surface area contributed by atoms with Crippen molar-refractivity contribution in [3.05, 3.63) is 75.9 Å². The molecule has 22 heavy (non-hydrogen) atoms. The number of Topliss-reactive ketones (excluding diaryl/α,β-unsaturated/α-hetero) is 2. The largest absolute Gasteiger partial charge is 0.508 e. The quantitative estimate of drug-likeness (QED) is 0.919. The Balaban J connectivity index is 2.04. The average Bonchev–Trinajstić information content (AvgIpc) is 2.51. The van der Waals surface area contributed by atoms with Crippen molar-refractivity contribution in [2.75, 3.05) is 0 Å². The maximum Gasteiger partial charge on any atom is 0.190 e. The Morgan fingerprint density at radius 1 is 0.864 bits per heavy atom. The van der Waals surface area contributed by atoms with Crippen molar-refractivity contribution in [2.45, 2.75) is 20.3 Å². The van der Waals surface area contributed by atoms with Crippen molar-refractivity contribution in [2.24, 2.45) is 0 Å². The lowest BCUT2D eigenvalue weighted by atomic mass is 9.82. The van der Waals surface area contributed by atoms with E-state index in [2.05, 4.69) is 0 Å². The van der Waals surface area contributed by atoms with Gasteiger partial charge in [-0.2, -0.15) is 0 Å². The lowest BCUT2D eigenvalue weighted by Crippen LogP contribution is -2.22. The van der Waals surface area contributed by atoms with Crippen LogP contribution in [0, 0.1) is 6.92 Å². The van der Waals surface area contributed by atoms with Crippen molar-refractivity contribution in [1.82, 2.24) is 0 Å². The molecule has 2 aromatic rings. The number of rotatable bonds is 2. The maximum atomic E-state index is 12.7. The molecule has 3 heteroatoms. The molecular formula is C19H16O3. The van der Waals surface area contributed by atoms with Crippen LogP contribution >= 0.6 is 0 Å². The first-order valence-corrected chi connectivity index (χ1v) is 7.15. The minimum atomic E-state index is -0.177. The zero-order chi connectivity index (χ0) is 15.9. The smallest absolute Gasteiger partial charge is 0.190 e. The van der Waals surface area contributed by atoms with Gasteiger partial charge in [0.25, 0.3) is 0 Å². The Morgan fingerprint density at radius 3 is 2.23 bits per heavy atom. The Bertz CT molecular complexity index is 811. The van der Waals surface area contributed by atoms with E-state index in [4.69, 9.17) is 0 Å². The molecule has 0 radical (unpaired) electrons. The summed E-state index contributed by atoms with van der Waals surface area (Å²) in [4.78, 5) is 25.1. The second kappa shape index (κ2) is 5.26. The fraction of sp³-hybridized carbons (Fsp3) is 0.158. The van der Waals surface area contributed by atoms with Crippen LogP contribution in [-0.4, -0.2) is 16.7 Å². The van der Waals surface area contributed by atoms with E-state index in [-0.39, 0.29) is 22.9 Å². The summed E-state index contributed by atoms with van der Waals surface area (Å²) >= 11 is 0. The molecule has 110 valence electrons. The van der Waals surface area contributed by atoms with E-state index < -0.39 is 0 Å². The second-order valence-electron chi connectivity index (χ2n) is 5.65. The standard InChI is InChI=1S/C19H16O3/c1-11-3-5-13(6-4-11)9-16-12(2)18(21)15-8-7-14(20)10-17(15)19(16)22/h3-8,10,20H,9H2,1-2H3. The molecule has 0 spiro atoms. The maximum absolute atomic E-state index is 12.7. The number of hydrogen-bond acceptors (Lipinski definition) is 3. The average molecular weight is 292 g/mol. The SMILES string of the molecule is CC1=C(Cc2ccc(C)cc2)C(=O)c2cc(O)ccc2C1=O. The summed E-state index contributed by atoms with van der Waals surface area (Å²) in [6, 6.07) is 12.2. The summed E-state index contributed by atoms with van der Waals surface area (Å²) in [5.41, 5.74) is 3.79. The third-order valence-corrected chi connectivity index (χ3v) is 4.06. The number of phenols is 1. The first-order valence-electron chi connectivity index (χ1n) is 7.15. The van der Waals surface area contributed by atoms with Crippen LogP contribution in [0.5, 0.6) is 5.75 Å². The van der Waals surface area contributed by atoms with E-state index in [1.54, 1.807) is 6.92 Å². The molecule has 0 amide bonds. The predicted octanol–water partition coefficient (Wildman–Crippen LogP) is 3.64. The van der Waals surface area contributed by atoms with Gasteiger partial charge in [0.1, 0.15) is 5.75 Å². The van der Waals surface area contributed by atoms with Gasteiger partial charge in [0.2, 0.25) is 0 Å². The minimum Gasteiger partial charge on any atom is -0.508 e. The lowest BCUT2D eigenvalue weighted by molar-refractivity contribution is 0.0972. The highest BCUT2D eigenvalue weighted by Gasteiger charge is 2.29. The molecule has 1 aliphatic rings. The van der Waals surface area contributed by atoms with Gasteiger partial charge in [0.05, 0.1) is 0 Å². The molecule has 0 unspecified atom stereocenters. The molecule has 3 rings (SSSR count). The van der Waals surface area contributed by atoms with Gasteiger partial charge in [-0.05, 0) is 37.6 Å². The van der Waals surface area contributed by atoms with Crippen LogP contribution in [0.1, 0.15) is 38.8 Å². The number of aryl methyl sites for hydroxylation is 1. The fourth-order valence-electron chi connectivity index (χ4n) is 2.71. The zero-order valence-electron chi connectivity index (χ0n) is 12.5. The van der Waals surface area contributed by atoms with Crippen LogP contribution in [-0.2, 0) is 6.42 Å². The number of hydrogen-bond donors (Lipinski definition) is 1. The summed E-state index contributed by atoms with van der Waals surface area (Å²) < 4.78 is 0. The summed E-state index contributed by atoms with van der Waals surface area (Å²) in [6.45, 7) is 3.70. The number of carbonyl (C=O) groups excluding carboxylic acids is 2. The topological polar surface area (TPSA) is 54.4 Å². The fourth-order valence-corrected chi connectivity index (χ4v) is 2.71. The number of aromatic hydroxyl groups is 1. The molecular weight excluding hydrogens is 276 g/mol. The van der Waals surface area contributed by atoms with Crippen LogP contribution in [0.25, 0.3) is 0 Å². The van der Waals surface area contributed by atoms with E-state index >= 15 is 0 Å². The third kappa shape index (κ3) is 2.35. The monoisotopic (exact) mass is 292 g/mol. The summed E-state index contributed by atoms with van der Waals surface area (Å²) in [7, 11) is 0. The summed E-state index contributed by atoms with van der Waals surface area (Å²) in [5, 5.41) is 9.59. The van der Waals surface area contributed by atoms with Crippen molar-refractivity contribution in [3.63, 3.8) is 0 Å². The first kappa shape index (κ1) is 14.3. The number of fused-ring (bicyclic) bond motifs is 1. The summed E-state index contributed by atoms with van der Waals surface area (Å²) in [5.74, 6) is -0.325. The Hall–Kier alpha value is -2.68. The Morgan fingerprint density at radius 2 is 1.55 bits per heavy atom. The van der Waals surface area contributed by atoms with Gasteiger partial charge >= 0.3 is 0 Å². The lowest BCUT2D eigenvalue weighted by Gasteiger charge is -2.19. The summed E-state index contributed by atoms with van der Waals surface area (Å²) in [6.07, 6.45) is 0.422. The Labute approximate surface area is 128 Å². The highest BCUT2D eigenvalue weighted by Crippen LogP contribution is 2.30. The van der Waals surface area contributed by atoms with Crippen LogP contribution < -0.4 is 0 Å². The third-order valence-electron chi connectivity index (χ3n) is 4.06. The molecule has 1 aliphatic carbocycles. The zero-order valence-corrected chi connectivity index (χ0v) is 12.5. The van der Waals surface area contributed by atoms with Crippen LogP contribution in [0.15, 0.2) is 53.6 Å². The van der Waals surface area contributed by atoms with E-state index in [1.807, 2.05) is 31.2 Å². The normalized spacial score (nSPS) is 14.3. The first-order chi connectivity index (χ1) is 10.5. The molecule has 0 aliphatic heterocycles. The van der Waals surface area contributed by atoms with Crippen molar-refractivity contribution >= 4 is 11.6 Å². The highest BCUT2D eigenvalue weighted by molar-refractivity contribution is 6.26. The molecule has 1 N–H and O–H groups in total. The number of benzene rings is 2. The molecule has 2 aromatic carbocycles. The van der Waals surface area contributed by atoms with Gasteiger partial charge in [0, 0.05) is 28.7 Å². The molecule has 0 bridgehead atoms. The molecule has 0 heterocycles. The van der Waals surface area contributed by atoms with Crippen molar-refractivity contribution in [1.29, 1.82) is 0 Å². The molecule has 3 nitrogen and oxygen atoms in total. The number of ketones is 2.